The van der Waals surface area contributed by atoms with E-state index >= 15 is 0 Å². The second-order valence-electron chi connectivity index (χ2n) is 7.71. The fraction of sp³-hybridized carbons (Fsp3) is 0.455. The quantitative estimate of drug-likeness (QED) is 0.437. The normalized spacial score (nSPS) is 18.4. The molecule has 1 fully saturated rings. The smallest absolute Gasteiger partial charge is 0.251 e. The maximum Gasteiger partial charge on any atom is 0.251 e. The topological polar surface area (TPSA) is 88.9 Å². The van der Waals surface area contributed by atoms with Crippen LogP contribution in [0.4, 0.5) is 0 Å². The minimum atomic E-state index is -0.222. The van der Waals surface area contributed by atoms with E-state index in [0.717, 1.165) is 12.8 Å². The summed E-state index contributed by atoms with van der Waals surface area (Å²) in [5.74, 6) is 1.18. The van der Waals surface area contributed by atoms with Crippen LogP contribution in [0.1, 0.15) is 48.8 Å². The molecule has 7 nitrogen and oxygen atoms in total. The summed E-state index contributed by atoms with van der Waals surface area (Å²) in [4.78, 5) is 24.8. The average molecular weight is 462 g/mol. The second-order valence-corrected chi connectivity index (χ2v) is 9.09. The van der Waals surface area contributed by atoms with Gasteiger partial charge in [-0.2, -0.15) is 0 Å². The van der Waals surface area contributed by atoms with Crippen LogP contribution in [-0.4, -0.2) is 38.4 Å². The largest absolute Gasteiger partial charge is 0.352 e. The van der Waals surface area contributed by atoms with Crippen molar-refractivity contribution in [3.8, 4) is 0 Å². The van der Waals surface area contributed by atoms with Crippen molar-refractivity contribution in [3.63, 3.8) is 0 Å². The highest BCUT2D eigenvalue weighted by Crippen LogP contribution is 2.24. The van der Waals surface area contributed by atoms with Crippen molar-refractivity contribution in [2.24, 2.45) is 5.92 Å². The van der Waals surface area contributed by atoms with Crippen molar-refractivity contribution in [2.75, 3.05) is 5.75 Å². The first-order valence-electron chi connectivity index (χ1n) is 10.5. The zero-order chi connectivity index (χ0) is 22.2. The van der Waals surface area contributed by atoms with Crippen molar-refractivity contribution in [3.05, 3.63) is 53.3 Å². The van der Waals surface area contributed by atoms with E-state index in [-0.39, 0.29) is 30.2 Å². The van der Waals surface area contributed by atoms with E-state index in [4.69, 9.17) is 11.6 Å². The minimum absolute atomic E-state index is 0.00879. The number of thioether (sulfide) groups is 1. The molecule has 31 heavy (non-hydrogen) atoms. The van der Waals surface area contributed by atoms with E-state index in [1.807, 2.05) is 4.57 Å². The van der Waals surface area contributed by atoms with Gasteiger partial charge < -0.3 is 15.2 Å². The molecule has 1 saturated carbocycles. The molecule has 1 aliphatic rings. The van der Waals surface area contributed by atoms with E-state index in [2.05, 4.69) is 34.3 Å². The Balaban J connectivity index is 1.56. The third-order valence-electron chi connectivity index (χ3n) is 5.41. The van der Waals surface area contributed by atoms with Gasteiger partial charge in [0.25, 0.3) is 5.91 Å². The van der Waals surface area contributed by atoms with Gasteiger partial charge in [0.1, 0.15) is 0 Å². The van der Waals surface area contributed by atoms with Gasteiger partial charge in [0.05, 0.1) is 12.3 Å². The molecule has 2 amide bonds. The van der Waals surface area contributed by atoms with Crippen LogP contribution in [0.2, 0.25) is 5.02 Å². The molecule has 0 unspecified atom stereocenters. The van der Waals surface area contributed by atoms with Gasteiger partial charge in [-0.25, -0.2) is 0 Å². The lowest BCUT2D eigenvalue weighted by Crippen LogP contribution is -2.41. The highest BCUT2D eigenvalue weighted by Gasteiger charge is 2.23. The summed E-state index contributed by atoms with van der Waals surface area (Å²) >= 11 is 7.21. The Kier molecular flexibility index (Phi) is 8.54. The Morgan fingerprint density at radius 3 is 2.71 bits per heavy atom. The van der Waals surface area contributed by atoms with Crippen LogP contribution in [0.5, 0.6) is 0 Å². The number of nitrogens with zero attached hydrogens (tertiary/aromatic N) is 3. The lowest BCUT2D eigenvalue weighted by molar-refractivity contribution is -0.119. The molecular formula is C22H28ClN5O2S. The molecule has 2 aromatic rings. The van der Waals surface area contributed by atoms with Crippen LogP contribution in [0.3, 0.4) is 0 Å². The van der Waals surface area contributed by atoms with Crippen molar-refractivity contribution in [1.29, 1.82) is 0 Å². The SMILES string of the molecule is C=CCn1c(CNC(=O)c2ccc(Cl)cc2)nnc1SCC(=O)N[C@H]1CCCC[C@H]1C. The summed E-state index contributed by atoms with van der Waals surface area (Å²) in [5.41, 5.74) is 0.516. The standard InChI is InChI=1S/C22H28ClN5O2S/c1-3-12-28-19(13-24-21(30)16-8-10-17(23)11-9-16)26-27-22(28)31-14-20(29)25-18-7-5-4-6-15(18)2/h3,8-11,15,18H,1,4-7,12-14H2,2H3,(H,24,30)(H,25,29)/t15-,18+/m1/s1. The highest BCUT2D eigenvalue weighted by atomic mass is 35.5. The van der Waals surface area contributed by atoms with Crippen LogP contribution < -0.4 is 10.6 Å². The maximum atomic E-state index is 12.4. The van der Waals surface area contributed by atoms with Crippen LogP contribution in [0.25, 0.3) is 0 Å². The zero-order valence-corrected chi connectivity index (χ0v) is 19.2. The molecule has 2 N–H and O–H groups in total. The summed E-state index contributed by atoms with van der Waals surface area (Å²) < 4.78 is 1.86. The Hall–Kier alpha value is -2.32. The fourth-order valence-corrected chi connectivity index (χ4v) is 4.54. The first-order valence-corrected chi connectivity index (χ1v) is 11.8. The molecule has 1 heterocycles. The molecule has 1 aromatic heterocycles. The van der Waals surface area contributed by atoms with Gasteiger partial charge in [0.2, 0.25) is 5.91 Å². The number of aromatic nitrogens is 3. The lowest BCUT2D eigenvalue weighted by Gasteiger charge is -2.29. The number of hydrogen-bond acceptors (Lipinski definition) is 5. The average Bonchev–Trinajstić information content (AvgIpc) is 3.14. The molecule has 1 aromatic carbocycles. The zero-order valence-electron chi connectivity index (χ0n) is 17.6. The Bertz CT molecular complexity index is 915. The third kappa shape index (κ3) is 6.58. The number of amides is 2. The first kappa shape index (κ1) is 23.3. The third-order valence-corrected chi connectivity index (χ3v) is 6.63. The van der Waals surface area contributed by atoms with Crippen LogP contribution in [0.15, 0.2) is 42.1 Å². The Labute approximate surface area is 192 Å². The van der Waals surface area contributed by atoms with Gasteiger partial charge in [0, 0.05) is 23.2 Å². The summed E-state index contributed by atoms with van der Waals surface area (Å²) in [7, 11) is 0. The van der Waals surface area contributed by atoms with Gasteiger partial charge in [-0.05, 0) is 43.0 Å². The number of carbonyl (C=O) groups excluding carboxylic acids is 2. The number of hydrogen-bond donors (Lipinski definition) is 2. The van der Waals surface area contributed by atoms with E-state index in [9.17, 15) is 9.59 Å². The molecule has 0 aliphatic heterocycles. The van der Waals surface area contributed by atoms with Gasteiger partial charge in [0.15, 0.2) is 11.0 Å². The number of allylic oxidation sites excluding steroid dienone is 1. The summed E-state index contributed by atoms with van der Waals surface area (Å²) in [6.45, 7) is 6.69. The maximum absolute atomic E-state index is 12.4. The van der Waals surface area contributed by atoms with Crippen molar-refractivity contribution in [1.82, 2.24) is 25.4 Å². The Morgan fingerprint density at radius 2 is 2.00 bits per heavy atom. The number of nitrogens with one attached hydrogen (secondary N) is 2. The number of halogens is 1. The van der Waals surface area contributed by atoms with Crippen molar-refractivity contribution >= 4 is 35.2 Å². The fourth-order valence-electron chi connectivity index (χ4n) is 3.64. The summed E-state index contributed by atoms with van der Waals surface area (Å²) in [6.07, 6.45) is 6.35. The number of benzene rings is 1. The lowest BCUT2D eigenvalue weighted by atomic mass is 9.86. The van der Waals surface area contributed by atoms with Crippen LogP contribution in [0, 0.1) is 5.92 Å². The van der Waals surface area contributed by atoms with Crippen molar-refractivity contribution in [2.45, 2.75) is 56.9 Å². The number of rotatable bonds is 9. The van der Waals surface area contributed by atoms with Gasteiger partial charge in [-0.1, -0.05) is 49.2 Å². The molecule has 166 valence electrons. The van der Waals surface area contributed by atoms with Crippen molar-refractivity contribution < 1.29 is 9.59 Å². The van der Waals surface area contributed by atoms with E-state index in [1.54, 1.807) is 30.3 Å². The van der Waals surface area contributed by atoms with Gasteiger partial charge in [-0.3, -0.25) is 9.59 Å². The second kappa shape index (κ2) is 11.3. The molecule has 0 spiro atoms. The predicted molar refractivity (Wildman–Crippen MR) is 123 cm³/mol. The van der Waals surface area contributed by atoms with E-state index in [1.165, 1.54) is 24.6 Å². The molecular weight excluding hydrogens is 434 g/mol. The monoisotopic (exact) mass is 461 g/mol. The summed E-state index contributed by atoms with van der Waals surface area (Å²) in [5, 5.41) is 15.6. The summed E-state index contributed by atoms with van der Waals surface area (Å²) in [6, 6.07) is 6.93. The molecule has 0 radical (unpaired) electrons. The van der Waals surface area contributed by atoms with E-state index < -0.39 is 0 Å². The van der Waals surface area contributed by atoms with Gasteiger partial charge in [-0.15, -0.1) is 16.8 Å². The Morgan fingerprint density at radius 1 is 1.26 bits per heavy atom. The minimum Gasteiger partial charge on any atom is -0.352 e. The molecule has 2 atom stereocenters. The molecule has 0 saturated heterocycles. The van der Waals surface area contributed by atoms with Crippen LogP contribution >= 0.6 is 23.4 Å². The molecule has 3 rings (SSSR count). The molecule has 9 heteroatoms. The molecule has 0 bridgehead atoms. The number of carbonyl (C=O) groups is 2. The predicted octanol–water partition coefficient (Wildman–Crippen LogP) is 3.83. The van der Waals surface area contributed by atoms with Gasteiger partial charge >= 0.3 is 0 Å². The molecule has 1 aliphatic carbocycles. The first-order chi connectivity index (χ1) is 15.0. The van der Waals surface area contributed by atoms with Crippen LogP contribution in [-0.2, 0) is 17.9 Å². The highest BCUT2D eigenvalue weighted by molar-refractivity contribution is 7.99. The van der Waals surface area contributed by atoms with E-state index in [0.29, 0.717) is 34.0 Å².